The van der Waals surface area contributed by atoms with E-state index in [2.05, 4.69) is 30.3 Å². The number of thioether (sulfide) groups is 1. The number of ether oxygens (including phenoxy) is 1. The Morgan fingerprint density at radius 1 is 1.56 bits per heavy atom. The molecule has 3 unspecified atom stereocenters. The number of rotatable bonds is 7. The fourth-order valence-electron chi connectivity index (χ4n) is 3.26. The molecule has 32 heavy (non-hydrogen) atoms. The SMILES string of the molecule is [N-]=[N+]=NCC(=O)NCCSc1nc2c(=O)[nH]c(N)nc2n1[C@@H]1OC2CO[P+](=S)O[C@H]2C1O. The van der Waals surface area contributed by atoms with Gasteiger partial charge in [-0.3, -0.25) is 19.1 Å². The van der Waals surface area contributed by atoms with Gasteiger partial charge in [-0.1, -0.05) is 16.9 Å². The van der Waals surface area contributed by atoms with E-state index in [1.165, 1.54) is 16.3 Å². The molecule has 5 atom stereocenters. The van der Waals surface area contributed by atoms with Crippen LogP contribution in [-0.4, -0.2) is 74.3 Å². The molecule has 0 radical (unpaired) electrons. The number of nitrogens with zero attached hydrogens (tertiary/aromatic N) is 6. The van der Waals surface area contributed by atoms with Gasteiger partial charge in [-0.25, -0.2) is 4.98 Å². The number of aromatic amines is 1. The number of anilines is 1. The fraction of sp³-hybridized carbons (Fsp3) is 0.571. The Hall–Kier alpha value is -2.36. The number of imidazole rings is 1. The maximum Gasteiger partial charge on any atom is 0.522 e. The lowest BCUT2D eigenvalue weighted by Crippen LogP contribution is -2.37. The van der Waals surface area contributed by atoms with Crippen LogP contribution >= 0.6 is 18.9 Å². The summed E-state index contributed by atoms with van der Waals surface area (Å²) in [7, 11) is -1.55. The lowest BCUT2D eigenvalue weighted by atomic mass is 10.1. The van der Waals surface area contributed by atoms with Gasteiger partial charge < -0.3 is 20.9 Å². The van der Waals surface area contributed by atoms with E-state index in [0.29, 0.717) is 10.9 Å². The Kier molecular flexibility index (Phi) is 6.88. The summed E-state index contributed by atoms with van der Waals surface area (Å²) < 4.78 is 18.3. The molecule has 1 amide bonds. The maximum absolute atomic E-state index is 12.4. The van der Waals surface area contributed by atoms with Gasteiger partial charge in [0.05, 0.1) is 0 Å². The van der Waals surface area contributed by atoms with E-state index >= 15 is 0 Å². The third-order valence-electron chi connectivity index (χ3n) is 4.59. The number of aliphatic hydroxyl groups excluding tert-OH is 1. The summed E-state index contributed by atoms with van der Waals surface area (Å²) >= 11 is 6.25. The second kappa shape index (κ2) is 9.64. The molecular formula is C14H17N9O6PS2+. The summed E-state index contributed by atoms with van der Waals surface area (Å²) in [5, 5.41) is 17.0. The van der Waals surface area contributed by atoms with Crippen molar-refractivity contribution < 1.29 is 23.7 Å². The first-order chi connectivity index (χ1) is 15.4. The molecule has 2 aliphatic heterocycles. The molecule has 0 bridgehead atoms. The summed E-state index contributed by atoms with van der Waals surface area (Å²) in [4.78, 5) is 37.3. The van der Waals surface area contributed by atoms with Gasteiger partial charge in [0.1, 0.15) is 25.4 Å². The monoisotopic (exact) mass is 502 g/mol. The first-order valence-corrected chi connectivity index (χ1v) is 12.3. The average Bonchev–Trinajstić information content (AvgIpc) is 3.27. The second-order valence-electron chi connectivity index (χ2n) is 6.62. The number of H-pyrrole nitrogens is 1. The lowest BCUT2D eigenvalue weighted by Gasteiger charge is -2.19. The highest BCUT2D eigenvalue weighted by Gasteiger charge is 2.54. The summed E-state index contributed by atoms with van der Waals surface area (Å²) in [6, 6.07) is 0. The number of nitrogen functional groups attached to an aromatic ring is 1. The van der Waals surface area contributed by atoms with Crippen LogP contribution in [0.15, 0.2) is 15.1 Å². The van der Waals surface area contributed by atoms with Crippen LogP contribution in [0.5, 0.6) is 0 Å². The number of aromatic nitrogens is 4. The van der Waals surface area contributed by atoms with E-state index < -0.39 is 43.2 Å². The summed E-state index contributed by atoms with van der Waals surface area (Å²) in [6.45, 7) is 0.0859. The molecule has 4 rings (SSSR count). The number of nitrogens with one attached hydrogen (secondary N) is 2. The van der Waals surface area contributed by atoms with Crippen LogP contribution in [0.3, 0.4) is 0 Å². The zero-order chi connectivity index (χ0) is 22.8. The molecule has 2 fully saturated rings. The van der Waals surface area contributed by atoms with Crippen LogP contribution in [-0.2, 0) is 30.4 Å². The van der Waals surface area contributed by atoms with Crippen molar-refractivity contribution in [3.05, 3.63) is 20.8 Å². The Labute approximate surface area is 189 Å². The third kappa shape index (κ3) is 4.55. The molecule has 15 nitrogen and oxygen atoms in total. The van der Waals surface area contributed by atoms with Gasteiger partial charge >= 0.3 is 7.15 Å². The quantitative estimate of drug-likeness (QED) is 0.0959. The van der Waals surface area contributed by atoms with Gasteiger partial charge in [-0.05, 0) is 5.53 Å². The van der Waals surface area contributed by atoms with Gasteiger partial charge in [-0.15, -0.1) is 9.05 Å². The molecular weight excluding hydrogens is 485 g/mol. The van der Waals surface area contributed by atoms with Crippen LogP contribution < -0.4 is 16.6 Å². The zero-order valence-electron chi connectivity index (χ0n) is 16.2. The molecule has 0 spiro atoms. The lowest BCUT2D eigenvalue weighted by molar-refractivity contribution is -0.119. The highest BCUT2D eigenvalue weighted by atomic mass is 32.4. The first kappa shape index (κ1) is 22.8. The highest BCUT2D eigenvalue weighted by Crippen LogP contribution is 2.44. The number of amides is 1. The predicted octanol–water partition coefficient (Wildman–Crippen LogP) is -0.332. The van der Waals surface area contributed by atoms with Crippen LogP contribution in [0, 0.1) is 0 Å². The van der Waals surface area contributed by atoms with Crippen molar-refractivity contribution in [3.63, 3.8) is 0 Å². The maximum atomic E-state index is 12.4. The number of carbonyl (C=O) groups excluding carboxylic acids is 1. The smallest absolute Gasteiger partial charge is 0.385 e. The van der Waals surface area contributed by atoms with Crippen molar-refractivity contribution in [2.24, 2.45) is 5.11 Å². The first-order valence-electron chi connectivity index (χ1n) is 9.17. The van der Waals surface area contributed by atoms with E-state index in [9.17, 15) is 14.7 Å². The van der Waals surface area contributed by atoms with Crippen molar-refractivity contribution in [1.82, 2.24) is 24.8 Å². The molecule has 2 aliphatic rings. The third-order valence-corrected chi connectivity index (χ3v) is 6.89. The van der Waals surface area contributed by atoms with Crippen molar-refractivity contribution >= 4 is 53.7 Å². The fourth-order valence-corrected chi connectivity index (χ4v) is 5.40. The molecule has 170 valence electrons. The molecule has 4 heterocycles. The van der Waals surface area contributed by atoms with Crippen LogP contribution in [0.25, 0.3) is 21.6 Å². The van der Waals surface area contributed by atoms with E-state index in [-0.39, 0.29) is 36.8 Å². The molecule has 18 heteroatoms. The Morgan fingerprint density at radius 3 is 3.16 bits per heavy atom. The largest absolute Gasteiger partial charge is 0.522 e. The van der Waals surface area contributed by atoms with Gasteiger partial charge in [-0.2, -0.15) is 4.98 Å². The molecule has 0 aliphatic carbocycles. The summed E-state index contributed by atoms with van der Waals surface area (Å²) in [6.07, 6.45) is -3.37. The van der Waals surface area contributed by atoms with Crippen molar-refractivity contribution in [2.75, 3.05) is 31.2 Å². The standard InChI is InChI=1S/C14H16N9O6PS2/c15-13-20-10-7(11(26)21-13)19-14(32-2-1-17-6(24)3-18-22-16)23(10)12-8(25)9-5(28-12)4-27-30(31)29-9/h5,8-9,12,25H,1-4H2,(H3-,15,17,20,21,24,26)/p+1/t5?,8?,9-,12-/m1/s1. The van der Waals surface area contributed by atoms with E-state index in [1.54, 1.807) is 0 Å². The van der Waals surface area contributed by atoms with Crippen molar-refractivity contribution in [1.29, 1.82) is 0 Å². The minimum atomic E-state index is -1.55. The molecule has 2 saturated heterocycles. The second-order valence-corrected chi connectivity index (χ2v) is 9.49. The topological polar surface area (TPSA) is 215 Å². The number of carbonyl (C=O) groups is 1. The Balaban J connectivity index is 1.60. The zero-order valence-corrected chi connectivity index (χ0v) is 18.7. The van der Waals surface area contributed by atoms with Crippen LogP contribution in [0.4, 0.5) is 5.95 Å². The van der Waals surface area contributed by atoms with Gasteiger partial charge in [0.2, 0.25) is 23.7 Å². The highest BCUT2D eigenvalue weighted by molar-refractivity contribution is 8.00. The molecule has 0 aromatic carbocycles. The van der Waals surface area contributed by atoms with Crippen LogP contribution in [0.2, 0.25) is 0 Å². The Bertz CT molecular complexity index is 1170. The minimum absolute atomic E-state index is 0.0162. The minimum Gasteiger partial charge on any atom is -0.385 e. The number of azide groups is 1. The van der Waals surface area contributed by atoms with Gasteiger partial charge in [0, 0.05) is 17.2 Å². The number of nitrogens with two attached hydrogens (primary N) is 1. The normalized spacial score (nSPS) is 26.0. The van der Waals surface area contributed by atoms with E-state index in [0.717, 1.165) is 0 Å². The van der Waals surface area contributed by atoms with Crippen molar-refractivity contribution in [3.8, 4) is 0 Å². The number of hydrogen-bond donors (Lipinski definition) is 4. The predicted molar refractivity (Wildman–Crippen MR) is 115 cm³/mol. The molecule has 2 aromatic rings. The Morgan fingerprint density at radius 2 is 2.38 bits per heavy atom. The van der Waals surface area contributed by atoms with E-state index in [4.69, 9.17) is 36.9 Å². The number of fused-ring (bicyclic) bond motifs is 2. The average molecular weight is 502 g/mol. The summed E-state index contributed by atoms with van der Waals surface area (Å²) in [5.74, 6) is -0.200. The van der Waals surface area contributed by atoms with E-state index in [1.807, 2.05) is 0 Å². The van der Waals surface area contributed by atoms with Gasteiger partial charge in [0.15, 0.2) is 28.7 Å². The summed E-state index contributed by atoms with van der Waals surface area (Å²) in [5.41, 5.74) is 13.6. The number of hydrogen-bond acceptors (Lipinski definition) is 12. The molecule has 2 aromatic heterocycles. The van der Waals surface area contributed by atoms with Crippen molar-refractivity contribution in [2.45, 2.75) is 29.7 Å². The number of aliphatic hydroxyl groups is 1. The molecule has 5 N–H and O–H groups in total. The van der Waals surface area contributed by atoms with Gasteiger partial charge in [0.25, 0.3) is 5.56 Å². The molecule has 0 saturated carbocycles. The van der Waals surface area contributed by atoms with Crippen LogP contribution in [0.1, 0.15) is 6.23 Å².